The third-order valence-electron chi connectivity index (χ3n) is 1.63. The average Bonchev–Trinajstić information content (AvgIpc) is 2.09. The smallest absolute Gasteiger partial charge is 0.257 e. The van der Waals surface area contributed by atoms with Crippen molar-refractivity contribution in [1.29, 1.82) is 0 Å². The third-order valence-corrected chi connectivity index (χ3v) is 1.63. The van der Waals surface area contributed by atoms with Crippen LogP contribution in [0.25, 0.3) is 0 Å². The van der Waals surface area contributed by atoms with Gasteiger partial charge in [-0.25, -0.2) is 0 Å². The molecule has 0 aliphatic carbocycles. The minimum atomic E-state index is -0.350. The summed E-state index contributed by atoms with van der Waals surface area (Å²) >= 11 is 0. The van der Waals surface area contributed by atoms with E-state index in [1.807, 2.05) is 0 Å². The summed E-state index contributed by atoms with van der Waals surface area (Å²) in [5.41, 5.74) is 0.0181. The van der Waals surface area contributed by atoms with Crippen LogP contribution in [0.4, 0.5) is 0 Å². The van der Waals surface area contributed by atoms with Gasteiger partial charge in [0.05, 0.1) is 12.7 Å². The van der Waals surface area contributed by atoms with Crippen LogP contribution in [0.2, 0.25) is 0 Å². The summed E-state index contributed by atoms with van der Waals surface area (Å²) in [6.45, 7) is 2.90. The fourth-order valence-corrected chi connectivity index (χ4v) is 0.877. The maximum atomic E-state index is 11.2. The number of H-pyrrole nitrogens is 1. The molecule has 0 spiro atoms. The molecule has 1 aromatic rings. The topological polar surface area (TPSA) is 72.0 Å². The molecule has 1 N–H and O–H groups in total. The van der Waals surface area contributed by atoms with Crippen molar-refractivity contribution in [2.75, 3.05) is 7.11 Å². The number of ether oxygens (including phenoxy) is 1. The Morgan fingerprint density at radius 1 is 1.54 bits per heavy atom. The van der Waals surface area contributed by atoms with Crippen LogP contribution in [0, 0.1) is 6.92 Å². The van der Waals surface area contributed by atoms with Crippen molar-refractivity contribution in [1.82, 2.24) is 9.97 Å². The Labute approximate surface area is 74.8 Å². The lowest BCUT2D eigenvalue weighted by Gasteiger charge is -2.02. The average molecular weight is 182 g/mol. The molecule has 0 saturated carbocycles. The predicted molar refractivity (Wildman–Crippen MR) is 46.2 cm³/mol. The molecule has 0 saturated heterocycles. The molecule has 0 amide bonds. The second-order valence-electron chi connectivity index (χ2n) is 2.60. The number of hydrogen-bond acceptors (Lipinski definition) is 4. The second-order valence-corrected chi connectivity index (χ2v) is 2.60. The monoisotopic (exact) mass is 182 g/mol. The largest absolute Gasteiger partial charge is 0.481 e. The van der Waals surface area contributed by atoms with Gasteiger partial charge >= 0.3 is 0 Å². The van der Waals surface area contributed by atoms with Crippen LogP contribution in [-0.4, -0.2) is 22.9 Å². The van der Waals surface area contributed by atoms with Crippen molar-refractivity contribution < 1.29 is 9.53 Å². The number of rotatable bonds is 2. The van der Waals surface area contributed by atoms with Crippen LogP contribution < -0.4 is 10.3 Å². The third kappa shape index (κ3) is 1.74. The summed E-state index contributed by atoms with van der Waals surface area (Å²) in [6, 6.07) is 0. The Kier molecular flexibility index (Phi) is 2.46. The van der Waals surface area contributed by atoms with Crippen molar-refractivity contribution in [3.63, 3.8) is 0 Å². The molecule has 0 aliphatic rings. The van der Waals surface area contributed by atoms with Gasteiger partial charge in [-0.2, -0.15) is 4.98 Å². The number of carbonyl (C=O) groups excluding carboxylic acids is 1. The van der Waals surface area contributed by atoms with Gasteiger partial charge < -0.3 is 9.72 Å². The SMILES string of the molecule is COc1nc(C(C)=O)[nH]c(=O)c1C. The van der Waals surface area contributed by atoms with Crippen molar-refractivity contribution in [3.8, 4) is 5.88 Å². The Morgan fingerprint density at radius 3 is 2.62 bits per heavy atom. The van der Waals surface area contributed by atoms with Crippen molar-refractivity contribution in [2.45, 2.75) is 13.8 Å². The highest BCUT2D eigenvalue weighted by Gasteiger charge is 2.09. The summed E-state index contributed by atoms with van der Waals surface area (Å²) in [6.07, 6.45) is 0. The quantitative estimate of drug-likeness (QED) is 0.667. The number of methoxy groups -OCH3 is 1. The summed E-state index contributed by atoms with van der Waals surface area (Å²) in [5, 5.41) is 0. The second kappa shape index (κ2) is 3.38. The fraction of sp³-hybridized carbons (Fsp3) is 0.375. The predicted octanol–water partition coefficient (Wildman–Crippen LogP) is 0.290. The van der Waals surface area contributed by atoms with Gasteiger partial charge in [0.2, 0.25) is 5.88 Å². The summed E-state index contributed by atoms with van der Waals surface area (Å²) in [5.74, 6) is -0.0863. The van der Waals surface area contributed by atoms with E-state index in [4.69, 9.17) is 4.74 Å². The molecule has 0 bridgehead atoms. The van der Waals surface area contributed by atoms with E-state index < -0.39 is 0 Å². The van der Waals surface area contributed by atoms with Crippen molar-refractivity contribution in [3.05, 3.63) is 21.7 Å². The van der Waals surface area contributed by atoms with Gasteiger partial charge in [-0.05, 0) is 6.92 Å². The number of ketones is 1. The minimum absolute atomic E-state index is 0.0208. The van der Waals surface area contributed by atoms with Crippen LogP contribution in [-0.2, 0) is 0 Å². The lowest BCUT2D eigenvalue weighted by Crippen LogP contribution is -2.17. The van der Waals surface area contributed by atoms with E-state index in [2.05, 4.69) is 9.97 Å². The Bertz CT molecular complexity index is 395. The molecule has 1 rings (SSSR count). The van der Waals surface area contributed by atoms with Crippen molar-refractivity contribution >= 4 is 5.78 Å². The molecule has 1 aromatic heterocycles. The van der Waals surface area contributed by atoms with E-state index in [1.54, 1.807) is 6.92 Å². The van der Waals surface area contributed by atoms with Crippen LogP contribution in [0.1, 0.15) is 23.1 Å². The fourth-order valence-electron chi connectivity index (χ4n) is 0.877. The van der Waals surface area contributed by atoms with E-state index in [0.29, 0.717) is 5.56 Å². The van der Waals surface area contributed by atoms with Gasteiger partial charge in [-0.15, -0.1) is 0 Å². The lowest BCUT2D eigenvalue weighted by atomic mass is 10.3. The highest BCUT2D eigenvalue weighted by Crippen LogP contribution is 2.07. The molecule has 0 fully saturated rings. The van der Waals surface area contributed by atoms with E-state index >= 15 is 0 Å². The zero-order valence-electron chi connectivity index (χ0n) is 7.67. The normalized spacial score (nSPS) is 9.77. The molecule has 13 heavy (non-hydrogen) atoms. The molecule has 0 aliphatic heterocycles. The van der Waals surface area contributed by atoms with E-state index in [0.717, 1.165) is 0 Å². The summed E-state index contributed by atoms with van der Waals surface area (Å²) in [7, 11) is 1.40. The molecule has 5 heteroatoms. The molecular formula is C8H10N2O3. The van der Waals surface area contributed by atoms with Gasteiger partial charge in [-0.1, -0.05) is 0 Å². The first-order valence-corrected chi connectivity index (χ1v) is 3.72. The van der Waals surface area contributed by atoms with Gasteiger partial charge in [0.15, 0.2) is 11.6 Å². The number of aromatic amines is 1. The molecular weight excluding hydrogens is 172 g/mol. The first-order valence-electron chi connectivity index (χ1n) is 3.72. The van der Waals surface area contributed by atoms with Gasteiger partial charge in [0.1, 0.15) is 0 Å². The number of carbonyl (C=O) groups is 1. The summed E-state index contributed by atoms with van der Waals surface area (Å²) < 4.78 is 4.83. The maximum absolute atomic E-state index is 11.2. The summed E-state index contributed by atoms with van der Waals surface area (Å²) in [4.78, 5) is 28.3. The molecule has 5 nitrogen and oxygen atoms in total. The Hall–Kier alpha value is -1.65. The number of hydrogen-bond donors (Lipinski definition) is 1. The molecule has 0 radical (unpaired) electrons. The lowest BCUT2D eigenvalue weighted by molar-refractivity contribution is 0.100. The number of aromatic nitrogens is 2. The highest BCUT2D eigenvalue weighted by molar-refractivity contribution is 5.90. The van der Waals surface area contributed by atoms with Gasteiger partial charge in [0.25, 0.3) is 5.56 Å². The molecule has 0 aromatic carbocycles. The molecule has 1 heterocycles. The van der Waals surface area contributed by atoms with Crippen LogP contribution >= 0.6 is 0 Å². The van der Waals surface area contributed by atoms with E-state index in [9.17, 15) is 9.59 Å². The number of nitrogens with zero attached hydrogens (tertiary/aromatic N) is 1. The van der Waals surface area contributed by atoms with E-state index in [1.165, 1.54) is 14.0 Å². The first-order chi connectivity index (χ1) is 6.06. The van der Waals surface area contributed by atoms with Crippen LogP contribution in [0.5, 0.6) is 5.88 Å². The molecule has 0 unspecified atom stereocenters. The van der Waals surface area contributed by atoms with Gasteiger partial charge in [-0.3, -0.25) is 9.59 Å². The maximum Gasteiger partial charge on any atom is 0.257 e. The number of Topliss-reactive ketones (excluding diaryl/α,β-unsaturated/α-hetero) is 1. The standard InChI is InChI=1S/C8H10N2O3/c1-4-7(12)9-6(5(2)11)10-8(4)13-3/h1-3H3,(H,9,10,12). The van der Waals surface area contributed by atoms with Crippen LogP contribution in [0.15, 0.2) is 4.79 Å². The Balaban J connectivity index is 3.39. The number of nitrogens with one attached hydrogen (secondary N) is 1. The van der Waals surface area contributed by atoms with E-state index in [-0.39, 0.29) is 23.0 Å². The highest BCUT2D eigenvalue weighted by atomic mass is 16.5. The molecule has 70 valence electrons. The van der Waals surface area contributed by atoms with Gasteiger partial charge in [0, 0.05) is 6.92 Å². The zero-order chi connectivity index (χ0) is 10.0. The minimum Gasteiger partial charge on any atom is -0.481 e. The first kappa shape index (κ1) is 9.44. The molecule has 0 atom stereocenters. The van der Waals surface area contributed by atoms with Crippen molar-refractivity contribution in [2.24, 2.45) is 0 Å². The van der Waals surface area contributed by atoms with Crippen LogP contribution in [0.3, 0.4) is 0 Å². The zero-order valence-corrected chi connectivity index (χ0v) is 7.67. The Morgan fingerprint density at radius 2 is 2.15 bits per heavy atom.